The predicted octanol–water partition coefficient (Wildman–Crippen LogP) is 2.86. The van der Waals surface area contributed by atoms with Crippen LogP contribution in [0.2, 0.25) is 0 Å². The van der Waals surface area contributed by atoms with Crippen LogP contribution in [-0.2, 0) is 0 Å². The Morgan fingerprint density at radius 3 is 2.58 bits per heavy atom. The average molecular weight is 187 g/mol. The van der Waals surface area contributed by atoms with Crippen LogP contribution in [0.3, 0.4) is 0 Å². The van der Waals surface area contributed by atoms with Crippen molar-refractivity contribution in [1.29, 1.82) is 0 Å². The van der Waals surface area contributed by atoms with E-state index in [9.17, 15) is 0 Å². The van der Waals surface area contributed by atoms with Crippen LogP contribution < -0.4 is 5.32 Å². The summed E-state index contributed by atoms with van der Waals surface area (Å²) in [4.78, 5) is 0.359. The SMILES string of the molecule is CCC1(C(C)C)NC(C)CCS1. The van der Waals surface area contributed by atoms with Gasteiger partial charge in [0.05, 0.1) is 4.87 Å². The maximum Gasteiger partial charge on any atom is 0.0667 e. The van der Waals surface area contributed by atoms with Crippen LogP contribution in [0.1, 0.15) is 40.5 Å². The van der Waals surface area contributed by atoms with Crippen LogP contribution in [0.15, 0.2) is 0 Å². The molecule has 1 N–H and O–H groups in total. The number of rotatable bonds is 2. The summed E-state index contributed by atoms with van der Waals surface area (Å²) in [5.41, 5.74) is 0. The Morgan fingerprint density at radius 1 is 1.58 bits per heavy atom. The summed E-state index contributed by atoms with van der Waals surface area (Å²) >= 11 is 2.11. The van der Waals surface area contributed by atoms with Gasteiger partial charge in [0.25, 0.3) is 0 Å². The van der Waals surface area contributed by atoms with Crippen molar-refractivity contribution in [1.82, 2.24) is 5.32 Å². The number of hydrogen-bond acceptors (Lipinski definition) is 2. The molecule has 0 aromatic rings. The van der Waals surface area contributed by atoms with Crippen molar-refractivity contribution < 1.29 is 0 Å². The Bertz CT molecular complexity index is 147. The van der Waals surface area contributed by atoms with Gasteiger partial charge in [-0.1, -0.05) is 20.8 Å². The maximum absolute atomic E-state index is 3.74. The molecule has 1 saturated heterocycles. The smallest absolute Gasteiger partial charge is 0.0667 e. The molecule has 0 saturated carbocycles. The van der Waals surface area contributed by atoms with Gasteiger partial charge in [0.2, 0.25) is 0 Å². The molecule has 0 aliphatic carbocycles. The summed E-state index contributed by atoms with van der Waals surface area (Å²) in [6.07, 6.45) is 2.55. The molecule has 1 heterocycles. The highest BCUT2D eigenvalue weighted by molar-refractivity contribution is 8.00. The lowest BCUT2D eigenvalue weighted by atomic mass is 9.99. The summed E-state index contributed by atoms with van der Waals surface area (Å²) in [6, 6.07) is 0.702. The van der Waals surface area contributed by atoms with E-state index in [1.54, 1.807) is 0 Å². The Kier molecular flexibility index (Phi) is 3.47. The molecule has 1 fully saturated rings. The third kappa shape index (κ3) is 1.97. The van der Waals surface area contributed by atoms with Gasteiger partial charge in [-0.15, -0.1) is 11.8 Å². The third-order valence-corrected chi connectivity index (χ3v) is 4.69. The molecule has 1 aliphatic heterocycles. The van der Waals surface area contributed by atoms with Crippen molar-refractivity contribution >= 4 is 11.8 Å². The molecule has 1 aliphatic rings. The van der Waals surface area contributed by atoms with Crippen LogP contribution in [0.5, 0.6) is 0 Å². The molecule has 72 valence electrons. The second-order valence-corrected chi connectivity index (χ2v) is 5.51. The topological polar surface area (TPSA) is 12.0 Å². The average Bonchev–Trinajstić information content (AvgIpc) is 2.04. The molecule has 1 rings (SSSR count). The number of thioether (sulfide) groups is 1. The fraction of sp³-hybridized carbons (Fsp3) is 1.00. The molecule has 0 radical (unpaired) electrons. The van der Waals surface area contributed by atoms with E-state index in [2.05, 4.69) is 44.8 Å². The highest BCUT2D eigenvalue weighted by atomic mass is 32.2. The van der Waals surface area contributed by atoms with E-state index < -0.39 is 0 Å². The summed E-state index contributed by atoms with van der Waals surface area (Å²) < 4.78 is 0. The van der Waals surface area contributed by atoms with Crippen molar-refractivity contribution in [2.45, 2.75) is 51.4 Å². The monoisotopic (exact) mass is 187 g/mol. The molecular formula is C10H21NS. The molecule has 1 nitrogen and oxygen atoms in total. The van der Waals surface area contributed by atoms with Crippen LogP contribution >= 0.6 is 11.8 Å². The van der Waals surface area contributed by atoms with Crippen LogP contribution in [-0.4, -0.2) is 16.7 Å². The van der Waals surface area contributed by atoms with Crippen molar-refractivity contribution in [3.05, 3.63) is 0 Å². The number of hydrogen-bond donors (Lipinski definition) is 1. The number of nitrogens with one attached hydrogen (secondary N) is 1. The largest absolute Gasteiger partial charge is 0.300 e. The fourth-order valence-electron chi connectivity index (χ4n) is 1.89. The first-order valence-electron chi connectivity index (χ1n) is 5.02. The zero-order valence-corrected chi connectivity index (χ0v) is 9.50. The Balaban J connectivity index is 2.64. The first-order chi connectivity index (χ1) is 5.60. The second-order valence-electron chi connectivity index (χ2n) is 4.08. The maximum atomic E-state index is 3.74. The summed E-state index contributed by atoms with van der Waals surface area (Å²) in [6.45, 7) is 9.23. The predicted molar refractivity (Wildman–Crippen MR) is 57.5 cm³/mol. The minimum absolute atomic E-state index is 0.359. The van der Waals surface area contributed by atoms with Crippen LogP contribution in [0.25, 0.3) is 0 Å². The first-order valence-corrected chi connectivity index (χ1v) is 6.01. The minimum atomic E-state index is 0.359. The molecule has 0 aromatic carbocycles. The van der Waals surface area contributed by atoms with E-state index >= 15 is 0 Å². The lowest BCUT2D eigenvalue weighted by molar-refractivity contribution is 0.300. The molecule has 0 spiro atoms. The Labute approximate surface area is 80.7 Å². The summed E-state index contributed by atoms with van der Waals surface area (Å²) in [5, 5.41) is 3.74. The second kappa shape index (κ2) is 4.01. The Hall–Kier alpha value is 0.310. The first kappa shape index (κ1) is 10.4. The zero-order chi connectivity index (χ0) is 9.19. The molecule has 2 heteroatoms. The molecular weight excluding hydrogens is 166 g/mol. The van der Waals surface area contributed by atoms with Gasteiger partial charge in [-0.05, 0) is 31.4 Å². The van der Waals surface area contributed by atoms with Crippen molar-refractivity contribution in [3.63, 3.8) is 0 Å². The van der Waals surface area contributed by atoms with Gasteiger partial charge in [-0.25, -0.2) is 0 Å². The van der Waals surface area contributed by atoms with Gasteiger partial charge in [0, 0.05) is 6.04 Å². The van der Waals surface area contributed by atoms with Crippen molar-refractivity contribution in [2.75, 3.05) is 5.75 Å². The molecule has 0 amide bonds. The van der Waals surface area contributed by atoms with E-state index in [0.29, 0.717) is 10.9 Å². The molecule has 0 aromatic heterocycles. The zero-order valence-electron chi connectivity index (χ0n) is 8.68. The van der Waals surface area contributed by atoms with Crippen molar-refractivity contribution in [2.24, 2.45) is 5.92 Å². The van der Waals surface area contributed by atoms with Crippen molar-refractivity contribution in [3.8, 4) is 0 Å². The van der Waals surface area contributed by atoms with Gasteiger partial charge in [-0.3, -0.25) is 0 Å². The van der Waals surface area contributed by atoms with Gasteiger partial charge >= 0.3 is 0 Å². The van der Waals surface area contributed by atoms with E-state index in [-0.39, 0.29) is 0 Å². The van der Waals surface area contributed by atoms with Crippen LogP contribution in [0, 0.1) is 5.92 Å². The molecule has 12 heavy (non-hydrogen) atoms. The van der Waals surface area contributed by atoms with Gasteiger partial charge < -0.3 is 5.32 Å². The van der Waals surface area contributed by atoms with Gasteiger partial charge in [-0.2, -0.15) is 0 Å². The fourth-order valence-corrected chi connectivity index (χ4v) is 3.55. The third-order valence-electron chi connectivity index (χ3n) is 2.86. The highest BCUT2D eigenvalue weighted by Crippen LogP contribution is 2.37. The molecule has 0 bridgehead atoms. The summed E-state index contributed by atoms with van der Waals surface area (Å²) in [7, 11) is 0. The van der Waals surface area contributed by atoms with E-state index in [0.717, 1.165) is 5.92 Å². The molecule has 2 unspecified atom stereocenters. The van der Waals surface area contributed by atoms with Gasteiger partial charge in [0.1, 0.15) is 0 Å². The van der Waals surface area contributed by atoms with Crippen LogP contribution in [0.4, 0.5) is 0 Å². The highest BCUT2D eigenvalue weighted by Gasteiger charge is 2.35. The lowest BCUT2D eigenvalue weighted by Gasteiger charge is -2.43. The standard InChI is InChI=1S/C10H21NS/c1-5-10(8(2)3)11-9(4)6-7-12-10/h8-9,11H,5-7H2,1-4H3. The summed E-state index contributed by atoms with van der Waals surface area (Å²) in [5.74, 6) is 2.05. The van der Waals surface area contributed by atoms with E-state index in [1.807, 2.05) is 0 Å². The van der Waals surface area contributed by atoms with Gasteiger partial charge in [0.15, 0.2) is 0 Å². The minimum Gasteiger partial charge on any atom is -0.300 e. The molecule has 2 atom stereocenters. The van der Waals surface area contributed by atoms with E-state index in [4.69, 9.17) is 0 Å². The van der Waals surface area contributed by atoms with E-state index in [1.165, 1.54) is 18.6 Å². The Morgan fingerprint density at radius 2 is 2.25 bits per heavy atom. The quantitative estimate of drug-likeness (QED) is 0.713. The normalized spacial score (nSPS) is 37.2. The lowest BCUT2D eigenvalue weighted by Crippen LogP contribution is -2.53.